The number of hydrogen-bond acceptors (Lipinski definition) is 5. The van der Waals surface area contributed by atoms with Crippen molar-refractivity contribution in [1.29, 1.82) is 0 Å². The second kappa shape index (κ2) is 5.32. The number of rotatable bonds is 6. The molecule has 0 radical (unpaired) electrons. The Bertz CT molecular complexity index is 554. The first-order valence-corrected chi connectivity index (χ1v) is 7.07. The van der Waals surface area contributed by atoms with Crippen LogP contribution in [0.25, 0.3) is 0 Å². The second-order valence-corrected chi connectivity index (χ2v) is 6.54. The highest BCUT2D eigenvalue weighted by atomic mass is 32.2. The fourth-order valence-electron chi connectivity index (χ4n) is 1.50. The van der Waals surface area contributed by atoms with Crippen LogP contribution in [0.5, 0.6) is 0 Å². The molecule has 0 amide bonds. The van der Waals surface area contributed by atoms with Crippen molar-refractivity contribution in [3.63, 3.8) is 0 Å². The maximum Gasteiger partial charge on any atom is 0.371 e. The van der Waals surface area contributed by atoms with E-state index in [1.165, 1.54) is 13.8 Å². The van der Waals surface area contributed by atoms with Crippen molar-refractivity contribution in [2.45, 2.75) is 31.5 Å². The second-order valence-electron chi connectivity index (χ2n) is 4.67. The van der Waals surface area contributed by atoms with E-state index < -0.39 is 32.4 Å². The molecule has 0 spiro atoms. The van der Waals surface area contributed by atoms with E-state index in [2.05, 4.69) is 0 Å². The van der Waals surface area contributed by atoms with Gasteiger partial charge in [0, 0.05) is 13.1 Å². The summed E-state index contributed by atoms with van der Waals surface area (Å²) in [7, 11) is -3.95. The van der Waals surface area contributed by atoms with Crippen molar-refractivity contribution in [1.82, 2.24) is 4.31 Å². The minimum Gasteiger partial charge on any atom is -0.475 e. The lowest BCUT2D eigenvalue weighted by atomic mass is 10.1. The van der Waals surface area contributed by atoms with Crippen LogP contribution < -0.4 is 0 Å². The zero-order valence-electron chi connectivity index (χ0n) is 11.0. The lowest BCUT2D eigenvalue weighted by Crippen LogP contribution is -2.41. The highest BCUT2D eigenvalue weighted by Crippen LogP contribution is 2.20. The summed E-state index contributed by atoms with van der Waals surface area (Å²) in [6.07, 6.45) is 0. The van der Waals surface area contributed by atoms with Crippen molar-refractivity contribution >= 4 is 16.0 Å². The minimum absolute atomic E-state index is 0.116. The molecule has 0 bridgehead atoms. The molecule has 1 aromatic heterocycles. The molecule has 2 N–H and O–H groups in total. The monoisotopic (exact) mass is 291 g/mol. The Balaban J connectivity index is 3.10. The molecule has 0 saturated heterocycles. The van der Waals surface area contributed by atoms with Crippen LogP contribution in [-0.4, -0.2) is 47.6 Å². The number of carbonyl (C=O) groups is 1. The maximum atomic E-state index is 12.2. The highest BCUT2D eigenvalue weighted by Gasteiger charge is 2.31. The van der Waals surface area contributed by atoms with Gasteiger partial charge >= 0.3 is 5.97 Å². The van der Waals surface area contributed by atoms with Crippen molar-refractivity contribution in [3.05, 3.63) is 17.9 Å². The number of likely N-dealkylation sites (N-methyl/N-ethyl adjacent to an activating group) is 1. The van der Waals surface area contributed by atoms with Crippen LogP contribution >= 0.6 is 0 Å². The molecule has 0 aliphatic carbocycles. The lowest BCUT2D eigenvalue weighted by molar-refractivity contribution is 0.0591. The first kappa shape index (κ1) is 15.7. The molecule has 7 nitrogen and oxygen atoms in total. The van der Waals surface area contributed by atoms with Crippen molar-refractivity contribution in [2.24, 2.45) is 0 Å². The van der Waals surface area contributed by atoms with E-state index in [0.717, 1.165) is 16.4 Å². The molecule has 1 heterocycles. The van der Waals surface area contributed by atoms with E-state index in [9.17, 15) is 18.3 Å². The molecule has 0 unspecified atom stereocenters. The molecule has 0 aliphatic rings. The Hall–Kier alpha value is -1.38. The van der Waals surface area contributed by atoms with Gasteiger partial charge in [-0.3, -0.25) is 0 Å². The summed E-state index contributed by atoms with van der Waals surface area (Å²) in [5.41, 5.74) is -1.20. The fraction of sp³-hybridized carbons (Fsp3) is 0.545. The predicted octanol–water partition coefficient (Wildman–Crippen LogP) is 0.759. The molecule has 0 fully saturated rings. The van der Waals surface area contributed by atoms with E-state index in [0.29, 0.717) is 0 Å². The molecule has 0 saturated carbocycles. The van der Waals surface area contributed by atoms with Crippen LogP contribution in [0.2, 0.25) is 0 Å². The number of carboxylic acid groups (broad SMARTS) is 1. The largest absolute Gasteiger partial charge is 0.475 e. The summed E-state index contributed by atoms with van der Waals surface area (Å²) in [5, 5.41) is 17.9. The smallest absolute Gasteiger partial charge is 0.371 e. The number of nitrogens with zero attached hydrogens (tertiary/aromatic N) is 1. The molecular weight excluding hydrogens is 274 g/mol. The molecule has 0 atom stereocenters. The molecule has 1 aromatic rings. The Morgan fingerprint density at radius 1 is 1.42 bits per heavy atom. The zero-order chi connectivity index (χ0) is 14.8. The highest BCUT2D eigenvalue weighted by molar-refractivity contribution is 7.89. The maximum absolute atomic E-state index is 12.2. The van der Waals surface area contributed by atoms with Gasteiger partial charge in [-0.05, 0) is 26.0 Å². The summed E-state index contributed by atoms with van der Waals surface area (Å²) in [5.74, 6) is -1.79. The van der Waals surface area contributed by atoms with Crippen LogP contribution in [0.15, 0.2) is 21.6 Å². The molecule has 8 heteroatoms. The van der Waals surface area contributed by atoms with E-state index in [4.69, 9.17) is 9.52 Å². The summed E-state index contributed by atoms with van der Waals surface area (Å²) in [6, 6.07) is 2.17. The number of aromatic carboxylic acids is 1. The number of furan rings is 1. The third kappa shape index (κ3) is 3.79. The van der Waals surface area contributed by atoms with Gasteiger partial charge in [0.15, 0.2) is 0 Å². The fourth-order valence-corrected chi connectivity index (χ4v) is 3.01. The van der Waals surface area contributed by atoms with Crippen LogP contribution in [0.1, 0.15) is 31.3 Å². The topological polar surface area (TPSA) is 108 Å². The van der Waals surface area contributed by atoms with Crippen LogP contribution in [0.3, 0.4) is 0 Å². The molecule has 108 valence electrons. The number of hydrogen-bond donors (Lipinski definition) is 2. The van der Waals surface area contributed by atoms with Crippen molar-refractivity contribution in [2.75, 3.05) is 13.1 Å². The quantitative estimate of drug-likeness (QED) is 0.801. The van der Waals surface area contributed by atoms with Crippen LogP contribution in [0.4, 0.5) is 0 Å². The Morgan fingerprint density at radius 2 is 2.00 bits per heavy atom. The standard InChI is InChI=1S/C11H17NO6S/c1-4-12(7-11(2,3)15)19(16,17)9-6-5-8(18-9)10(13)14/h5-6,15H,4,7H2,1-3H3,(H,13,14). The normalized spacial score (nSPS) is 12.9. The average molecular weight is 291 g/mol. The first-order valence-electron chi connectivity index (χ1n) is 5.63. The van der Waals surface area contributed by atoms with Gasteiger partial charge in [-0.2, -0.15) is 4.31 Å². The van der Waals surface area contributed by atoms with Crippen LogP contribution in [0, 0.1) is 0 Å². The van der Waals surface area contributed by atoms with Gasteiger partial charge in [-0.15, -0.1) is 0 Å². The minimum atomic E-state index is -3.95. The molecule has 1 rings (SSSR count). The molecular formula is C11H17NO6S. The van der Waals surface area contributed by atoms with Gasteiger partial charge in [0.2, 0.25) is 10.9 Å². The van der Waals surface area contributed by atoms with Gasteiger partial charge < -0.3 is 14.6 Å². The summed E-state index contributed by atoms with van der Waals surface area (Å²) in [6.45, 7) is 4.60. The number of carboxylic acids is 1. The van der Waals surface area contributed by atoms with Gasteiger partial charge in [0.25, 0.3) is 10.0 Å². The molecule has 0 aromatic carbocycles. The van der Waals surface area contributed by atoms with Gasteiger partial charge in [-0.1, -0.05) is 6.92 Å². The Kier molecular flexibility index (Phi) is 4.39. The molecule has 19 heavy (non-hydrogen) atoms. The van der Waals surface area contributed by atoms with Crippen LogP contribution in [-0.2, 0) is 10.0 Å². The van der Waals surface area contributed by atoms with E-state index >= 15 is 0 Å². The van der Waals surface area contributed by atoms with E-state index in [-0.39, 0.29) is 13.1 Å². The van der Waals surface area contributed by atoms with Gasteiger partial charge in [0.05, 0.1) is 5.60 Å². The third-order valence-corrected chi connectivity index (χ3v) is 4.10. The van der Waals surface area contributed by atoms with Gasteiger partial charge in [-0.25, -0.2) is 13.2 Å². The number of sulfonamides is 1. The van der Waals surface area contributed by atoms with E-state index in [1.54, 1.807) is 6.92 Å². The van der Waals surface area contributed by atoms with E-state index in [1.807, 2.05) is 0 Å². The summed E-state index contributed by atoms with van der Waals surface area (Å²) < 4.78 is 30.2. The zero-order valence-corrected chi connectivity index (χ0v) is 11.8. The summed E-state index contributed by atoms with van der Waals surface area (Å²) in [4.78, 5) is 10.7. The Morgan fingerprint density at radius 3 is 2.37 bits per heavy atom. The molecule has 0 aliphatic heterocycles. The number of aliphatic hydroxyl groups is 1. The SMILES string of the molecule is CCN(CC(C)(C)O)S(=O)(=O)c1ccc(C(=O)O)o1. The average Bonchev–Trinajstić information content (AvgIpc) is 2.74. The predicted molar refractivity (Wildman–Crippen MR) is 66.4 cm³/mol. The van der Waals surface area contributed by atoms with Crippen molar-refractivity contribution < 1.29 is 27.8 Å². The third-order valence-electron chi connectivity index (χ3n) is 2.30. The Labute approximate surface area is 111 Å². The first-order chi connectivity index (χ1) is 8.58. The van der Waals surface area contributed by atoms with Gasteiger partial charge in [0.1, 0.15) is 0 Å². The lowest BCUT2D eigenvalue weighted by Gasteiger charge is -2.26. The van der Waals surface area contributed by atoms with Crippen molar-refractivity contribution in [3.8, 4) is 0 Å². The summed E-state index contributed by atoms with van der Waals surface area (Å²) >= 11 is 0.